The van der Waals surface area contributed by atoms with Gasteiger partial charge in [0.25, 0.3) is 0 Å². The average Bonchev–Trinajstić information content (AvgIpc) is 2.71. The molecule has 2 heterocycles. The number of hydrogen-bond acceptors (Lipinski definition) is 3. The first-order valence-electron chi connectivity index (χ1n) is 4.61. The third-order valence-corrected chi connectivity index (χ3v) is 2.47. The van der Waals surface area contributed by atoms with Crippen LogP contribution in [0.5, 0.6) is 5.75 Å². The van der Waals surface area contributed by atoms with E-state index in [0.717, 1.165) is 18.8 Å². The summed E-state index contributed by atoms with van der Waals surface area (Å²) in [6.07, 6.45) is 2.98. The second-order valence-electron chi connectivity index (χ2n) is 3.31. The van der Waals surface area contributed by atoms with Gasteiger partial charge in [0.15, 0.2) is 0 Å². The molecule has 0 saturated carbocycles. The number of rotatable bonds is 2. The molecule has 1 saturated heterocycles. The lowest BCUT2D eigenvalue weighted by atomic mass is 10.0. The van der Waals surface area contributed by atoms with Crippen LogP contribution in [0.25, 0.3) is 0 Å². The van der Waals surface area contributed by atoms with E-state index in [0.29, 0.717) is 5.92 Å². The largest absolute Gasteiger partial charge is 0.495 e. The summed E-state index contributed by atoms with van der Waals surface area (Å²) in [6.45, 7) is 2.16. The summed E-state index contributed by atoms with van der Waals surface area (Å²) in [5.41, 5.74) is 1.17. The molecule has 1 aliphatic rings. The Balaban J connectivity index is 0.000000980. The van der Waals surface area contributed by atoms with E-state index in [2.05, 4.69) is 16.4 Å². The Morgan fingerprint density at radius 3 is 2.67 bits per heavy atom. The van der Waals surface area contributed by atoms with Crippen LogP contribution < -0.4 is 10.1 Å². The van der Waals surface area contributed by atoms with Crippen LogP contribution in [-0.4, -0.2) is 25.2 Å². The van der Waals surface area contributed by atoms with Crippen LogP contribution in [0, 0.1) is 0 Å². The summed E-state index contributed by atoms with van der Waals surface area (Å²) in [6, 6.07) is 4.02. The van der Waals surface area contributed by atoms with E-state index in [-0.39, 0.29) is 24.8 Å². The van der Waals surface area contributed by atoms with Crippen LogP contribution in [0.1, 0.15) is 18.0 Å². The van der Waals surface area contributed by atoms with Crippen molar-refractivity contribution in [3.8, 4) is 5.75 Å². The number of hydrogen-bond donors (Lipinski definition) is 1. The highest BCUT2D eigenvalue weighted by Gasteiger charge is 2.17. The maximum absolute atomic E-state index is 5.05. The van der Waals surface area contributed by atoms with Gasteiger partial charge in [-0.25, -0.2) is 0 Å². The minimum Gasteiger partial charge on any atom is -0.495 e. The fourth-order valence-corrected chi connectivity index (χ4v) is 1.66. The SMILES string of the molecule is COc1ccc(C2CCNC2)nc1.Cl.Cl. The van der Waals surface area contributed by atoms with Crippen molar-refractivity contribution in [1.82, 2.24) is 10.3 Å². The van der Waals surface area contributed by atoms with Gasteiger partial charge in [-0.2, -0.15) is 0 Å². The molecule has 1 fully saturated rings. The van der Waals surface area contributed by atoms with Crippen molar-refractivity contribution in [3.05, 3.63) is 24.0 Å². The van der Waals surface area contributed by atoms with Gasteiger partial charge in [-0.3, -0.25) is 4.98 Å². The van der Waals surface area contributed by atoms with Crippen molar-refractivity contribution in [2.24, 2.45) is 0 Å². The summed E-state index contributed by atoms with van der Waals surface area (Å²) in [5, 5.41) is 3.33. The second-order valence-corrected chi connectivity index (χ2v) is 3.31. The first kappa shape index (κ1) is 14.5. The van der Waals surface area contributed by atoms with Gasteiger partial charge in [-0.15, -0.1) is 24.8 Å². The lowest BCUT2D eigenvalue weighted by Gasteiger charge is -2.07. The van der Waals surface area contributed by atoms with Gasteiger partial charge in [0, 0.05) is 18.2 Å². The minimum absolute atomic E-state index is 0. The molecule has 0 bridgehead atoms. The maximum Gasteiger partial charge on any atom is 0.137 e. The number of nitrogens with one attached hydrogen (secondary N) is 1. The quantitative estimate of drug-likeness (QED) is 0.873. The number of aromatic nitrogens is 1. The second kappa shape index (κ2) is 6.88. The Hall–Kier alpha value is -0.510. The van der Waals surface area contributed by atoms with Crippen molar-refractivity contribution < 1.29 is 4.74 Å². The van der Waals surface area contributed by atoms with Crippen molar-refractivity contribution >= 4 is 24.8 Å². The summed E-state index contributed by atoms with van der Waals surface area (Å²) >= 11 is 0. The standard InChI is InChI=1S/C10H14N2O.2ClH/c1-13-9-2-3-10(12-7-9)8-4-5-11-6-8;;/h2-3,7-8,11H,4-6H2,1H3;2*1H. The number of pyridine rings is 1. The Morgan fingerprint density at radius 2 is 2.20 bits per heavy atom. The summed E-state index contributed by atoms with van der Waals surface area (Å²) < 4.78 is 5.05. The van der Waals surface area contributed by atoms with E-state index in [4.69, 9.17) is 4.74 Å². The molecule has 1 N–H and O–H groups in total. The zero-order chi connectivity index (χ0) is 9.10. The first-order chi connectivity index (χ1) is 6.40. The van der Waals surface area contributed by atoms with E-state index < -0.39 is 0 Å². The summed E-state index contributed by atoms with van der Waals surface area (Å²) in [4.78, 5) is 4.37. The van der Waals surface area contributed by atoms with Crippen LogP contribution >= 0.6 is 24.8 Å². The predicted octanol–water partition coefficient (Wildman–Crippen LogP) is 2.01. The number of methoxy groups -OCH3 is 1. The molecule has 15 heavy (non-hydrogen) atoms. The molecule has 0 aliphatic carbocycles. The van der Waals surface area contributed by atoms with Gasteiger partial charge in [-0.1, -0.05) is 0 Å². The third-order valence-electron chi connectivity index (χ3n) is 2.47. The van der Waals surface area contributed by atoms with E-state index >= 15 is 0 Å². The third kappa shape index (κ3) is 3.52. The fraction of sp³-hybridized carbons (Fsp3) is 0.500. The van der Waals surface area contributed by atoms with Crippen LogP contribution in [0.3, 0.4) is 0 Å². The van der Waals surface area contributed by atoms with Crippen LogP contribution in [0.2, 0.25) is 0 Å². The molecule has 1 aromatic heterocycles. The molecule has 5 heteroatoms. The van der Waals surface area contributed by atoms with E-state index in [9.17, 15) is 0 Å². The Morgan fingerprint density at radius 1 is 1.40 bits per heavy atom. The summed E-state index contributed by atoms with van der Waals surface area (Å²) in [7, 11) is 1.66. The molecular weight excluding hydrogens is 235 g/mol. The number of halogens is 2. The molecule has 0 amide bonds. The van der Waals surface area contributed by atoms with Gasteiger partial charge in [0.05, 0.1) is 13.3 Å². The average molecular weight is 251 g/mol. The van der Waals surface area contributed by atoms with Crippen molar-refractivity contribution in [3.63, 3.8) is 0 Å². The predicted molar refractivity (Wildman–Crippen MR) is 65.5 cm³/mol. The van der Waals surface area contributed by atoms with Gasteiger partial charge in [0.2, 0.25) is 0 Å². The lowest BCUT2D eigenvalue weighted by molar-refractivity contribution is 0.412. The number of nitrogens with zero attached hydrogens (tertiary/aromatic N) is 1. The molecule has 2 rings (SSSR count). The van der Waals surface area contributed by atoms with Crippen LogP contribution in [-0.2, 0) is 0 Å². The molecule has 1 atom stereocenters. The molecule has 0 radical (unpaired) electrons. The molecule has 0 aromatic carbocycles. The lowest BCUT2D eigenvalue weighted by Crippen LogP contribution is -2.08. The highest BCUT2D eigenvalue weighted by Crippen LogP contribution is 2.21. The smallest absolute Gasteiger partial charge is 0.137 e. The normalized spacial score (nSPS) is 18.9. The molecule has 3 nitrogen and oxygen atoms in total. The van der Waals surface area contributed by atoms with Crippen LogP contribution in [0.15, 0.2) is 18.3 Å². The highest BCUT2D eigenvalue weighted by atomic mass is 35.5. The van der Waals surface area contributed by atoms with Crippen LogP contribution in [0.4, 0.5) is 0 Å². The van der Waals surface area contributed by atoms with E-state index in [1.54, 1.807) is 13.3 Å². The Labute approximate surface area is 102 Å². The van der Waals surface area contributed by atoms with Crippen molar-refractivity contribution in [2.75, 3.05) is 20.2 Å². The maximum atomic E-state index is 5.05. The molecule has 1 unspecified atom stereocenters. The zero-order valence-corrected chi connectivity index (χ0v) is 10.2. The van der Waals surface area contributed by atoms with Gasteiger partial charge in [-0.05, 0) is 25.1 Å². The van der Waals surface area contributed by atoms with Crippen molar-refractivity contribution in [2.45, 2.75) is 12.3 Å². The first-order valence-corrected chi connectivity index (χ1v) is 4.61. The monoisotopic (exact) mass is 250 g/mol. The minimum atomic E-state index is 0. The highest BCUT2D eigenvalue weighted by molar-refractivity contribution is 5.85. The Bertz CT molecular complexity index is 273. The van der Waals surface area contributed by atoms with E-state index in [1.165, 1.54) is 12.1 Å². The molecule has 86 valence electrons. The van der Waals surface area contributed by atoms with Gasteiger partial charge < -0.3 is 10.1 Å². The Kier molecular flexibility index (Phi) is 6.65. The summed E-state index contributed by atoms with van der Waals surface area (Å²) in [5.74, 6) is 1.42. The van der Waals surface area contributed by atoms with Crippen molar-refractivity contribution in [1.29, 1.82) is 0 Å². The van der Waals surface area contributed by atoms with Gasteiger partial charge >= 0.3 is 0 Å². The topological polar surface area (TPSA) is 34.1 Å². The molecule has 1 aromatic rings. The number of ether oxygens (including phenoxy) is 1. The zero-order valence-electron chi connectivity index (χ0n) is 8.60. The fourth-order valence-electron chi connectivity index (χ4n) is 1.66. The van der Waals surface area contributed by atoms with Gasteiger partial charge in [0.1, 0.15) is 5.75 Å². The molecular formula is C10H16Cl2N2O. The van der Waals surface area contributed by atoms with E-state index in [1.807, 2.05) is 6.07 Å². The molecule has 0 spiro atoms. The molecule has 1 aliphatic heterocycles.